The van der Waals surface area contributed by atoms with Crippen LogP contribution >= 0.6 is 0 Å². The molecule has 0 aromatic heterocycles. The van der Waals surface area contributed by atoms with Crippen molar-refractivity contribution in [1.82, 2.24) is 0 Å². The summed E-state index contributed by atoms with van der Waals surface area (Å²) in [4.78, 5) is 0. The van der Waals surface area contributed by atoms with Gasteiger partial charge in [-0.3, -0.25) is 0 Å². The summed E-state index contributed by atoms with van der Waals surface area (Å²) in [5.74, 6) is 1.06. The third-order valence-electron chi connectivity index (χ3n) is 2.96. The summed E-state index contributed by atoms with van der Waals surface area (Å²) in [5, 5.41) is 0. The molecule has 0 aromatic carbocycles. The summed E-state index contributed by atoms with van der Waals surface area (Å²) >= 11 is 0. The maximum absolute atomic E-state index is 5.84. The molecule has 1 heterocycles. The molecule has 1 aliphatic rings. The molecule has 0 unspecified atom stereocenters. The fourth-order valence-electron chi connectivity index (χ4n) is 1.85. The lowest BCUT2D eigenvalue weighted by Crippen LogP contribution is -2.42. The third kappa shape index (κ3) is 3.28. The van der Waals surface area contributed by atoms with Crippen LogP contribution in [0.25, 0.3) is 0 Å². The Morgan fingerprint density at radius 3 is 2.64 bits per heavy atom. The zero-order valence-electron chi connectivity index (χ0n) is 9.95. The molecule has 1 saturated heterocycles. The lowest BCUT2D eigenvalue weighted by atomic mass is 9.72. The van der Waals surface area contributed by atoms with Crippen LogP contribution in [0.1, 0.15) is 47.0 Å². The van der Waals surface area contributed by atoms with Gasteiger partial charge >= 0.3 is 7.12 Å². The molecule has 0 amide bonds. The molecule has 2 nitrogen and oxygen atoms in total. The van der Waals surface area contributed by atoms with Crippen LogP contribution in [0.3, 0.4) is 0 Å². The van der Waals surface area contributed by atoms with Crippen LogP contribution in [0.4, 0.5) is 0 Å². The molecule has 3 heteroatoms. The summed E-state index contributed by atoms with van der Waals surface area (Å²) in [7, 11) is 0.0166. The van der Waals surface area contributed by atoms with Gasteiger partial charge in [-0.05, 0) is 19.2 Å². The van der Waals surface area contributed by atoms with E-state index >= 15 is 0 Å². The highest BCUT2D eigenvalue weighted by atomic mass is 16.6. The van der Waals surface area contributed by atoms with Gasteiger partial charge in [-0.15, -0.1) is 0 Å². The number of unbranched alkanes of at least 4 members (excludes halogenated alkanes) is 1. The Hall–Kier alpha value is -0.0151. The van der Waals surface area contributed by atoms with Gasteiger partial charge < -0.3 is 9.31 Å². The van der Waals surface area contributed by atoms with E-state index in [1.54, 1.807) is 0 Å². The quantitative estimate of drug-likeness (QED) is 0.646. The van der Waals surface area contributed by atoms with E-state index < -0.39 is 0 Å². The highest BCUT2D eigenvalue weighted by Gasteiger charge is 2.34. The molecule has 1 fully saturated rings. The largest absolute Gasteiger partial charge is 0.459 e. The van der Waals surface area contributed by atoms with Crippen molar-refractivity contribution < 1.29 is 9.31 Å². The van der Waals surface area contributed by atoms with E-state index in [0.29, 0.717) is 17.8 Å². The van der Waals surface area contributed by atoms with Crippen molar-refractivity contribution in [3.8, 4) is 0 Å². The van der Waals surface area contributed by atoms with Gasteiger partial charge in [-0.2, -0.15) is 0 Å². The van der Waals surface area contributed by atoms with Crippen LogP contribution < -0.4 is 0 Å². The van der Waals surface area contributed by atoms with Crippen LogP contribution in [0.2, 0.25) is 5.82 Å². The van der Waals surface area contributed by atoms with Crippen molar-refractivity contribution in [2.45, 2.75) is 58.9 Å². The summed E-state index contributed by atoms with van der Waals surface area (Å²) in [6.45, 7) is 9.57. The Kier molecular flexibility index (Phi) is 4.97. The van der Waals surface area contributed by atoms with Crippen molar-refractivity contribution >= 4 is 7.12 Å². The summed E-state index contributed by atoms with van der Waals surface area (Å²) < 4.78 is 11.5. The first-order valence-electron chi connectivity index (χ1n) is 5.92. The molecule has 14 heavy (non-hydrogen) atoms. The van der Waals surface area contributed by atoms with Gasteiger partial charge in [0.05, 0.1) is 0 Å². The maximum Gasteiger partial charge on any atom is 0.459 e. The second-order valence-electron chi connectivity index (χ2n) is 4.69. The second kappa shape index (κ2) is 5.77. The van der Waals surface area contributed by atoms with E-state index in [0.717, 1.165) is 6.61 Å². The molecule has 0 aliphatic carbocycles. The fraction of sp³-hybridized carbons (Fsp3) is 1.00. The Labute approximate surface area is 88.5 Å². The van der Waals surface area contributed by atoms with Gasteiger partial charge in [0.25, 0.3) is 0 Å². The number of hydrogen-bond acceptors (Lipinski definition) is 2. The van der Waals surface area contributed by atoms with Crippen LogP contribution in [0, 0.1) is 5.92 Å². The van der Waals surface area contributed by atoms with Crippen molar-refractivity contribution in [3.05, 3.63) is 0 Å². The first-order chi connectivity index (χ1) is 6.65. The predicted molar refractivity (Wildman–Crippen MR) is 60.4 cm³/mol. The Morgan fingerprint density at radius 2 is 2.14 bits per heavy atom. The molecule has 1 aliphatic heterocycles. The zero-order valence-corrected chi connectivity index (χ0v) is 9.95. The zero-order chi connectivity index (χ0) is 10.6. The Morgan fingerprint density at radius 1 is 1.43 bits per heavy atom. The van der Waals surface area contributed by atoms with E-state index in [1.807, 2.05) is 0 Å². The minimum Gasteiger partial charge on any atom is -0.411 e. The SMILES string of the molecule is CCCC[C@@H]1COB(C(C)C)O[C@@H]1C. The van der Waals surface area contributed by atoms with Crippen LogP contribution in [0.5, 0.6) is 0 Å². The molecule has 0 saturated carbocycles. The molecular formula is C11H23BO2. The Balaban J connectivity index is 2.32. The van der Waals surface area contributed by atoms with Crippen LogP contribution in [-0.2, 0) is 9.31 Å². The molecule has 0 aromatic rings. The van der Waals surface area contributed by atoms with Gasteiger partial charge in [0.1, 0.15) is 0 Å². The summed E-state index contributed by atoms with van der Waals surface area (Å²) in [6, 6.07) is 0. The molecule has 1 rings (SSSR count). The average molecular weight is 198 g/mol. The first-order valence-corrected chi connectivity index (χ1v) is 5.92. The lowest BCUT2D eigenvalue weighted by Gasteiger charge is -2.34. The molecular weight excluding hydrogens is 175 g/mol. The maximum atomic E-state index is 5.84. The highest BCUT2D eigenvalue weighted by molar-refractivity contribution is 6.46. The third-order valence-corrected chi connectivity index (χ3v) is 2.96. The molecule has 0 N–H and O–H groups in total. The monoisotopic (exact) mass is 198 g/mol. The van der Waals surface area contributed by atoms with Crippen molar-refractivity contribution in [2.24, 2.45) is 5.92 Å². The minimum atomic E-state index is 0.0166. The first kappa shape index (κ1) is 12.1. The average Bonchev–Trinajstić information content (AvgIpc) is 2.15. The van der Waals surface area contributed by atoms with Gasteiger partial charge in [-0.25, -0.2) is 0 Å². The van der Waals surface area contributed by atoms with Gasteiger partial charge in [-0.1, -0.05) is 33.6 Å². The van der Waals surface area contributed by atoms with Crippen LogP contribution in [-0.4, -0.2) is 19.8 Å². The normalized spacial score (nSPS) is 28.5. The number of hydrogen-bond donors (Lipinski definition) is 0. The van der Waals surface area contributed by atoms with E-state index in [1.165, 1.54) is 19.3 Å². The lowest BCUT2D eigenvalue weighted by molar-refractivity contribution is 0.0152. The van der Waals surface area contributed by atoms with Crippen molar-refractivity contribution in [1.29, 1.82) is 0 Å². The molecule has 0 spiro atoms. The van der Waals surface area contributed by atoms with E-state index in [4.69, 9.17) is 9.31 Å². The molecule has 0 radical (unpaired) electrons. The van der Waals surface area contributed by atoms with Gasteiger partial charge in [0, 0.05) is 18.6 Å². The van der Waals surface area contributed by atoms with Gasteiger partial charge in [0.15, 0.2) is 0 Å². The molecule has 0 bridgehead atoms. The van der Waals surface area contributed by atoms with E-state index in [2.05, 4.69) is 27.7 Å². The predicted octanol–water partition coefficient (Wildman–Crippen LogP) is 3.13. The highest BCUT2D eigenvalue weighted by Crippen LogP contribution is 2.25. The van der Waals surface area contributed by atoms with E-state index in [-0.39, 0.29) is 7.12 Å². The second-order valence-corrected chi connectivity index (χ2v) is 4.69. The summed E-state index contributed by atoms with van der Waals surface area (Å²) in [6.07, 6.45) is 4.15. The minimum absolute atomic E-state index is 0.0166. The van der Waals surface area contributed by atoms with Gasteiger partial charge in [0.2, 0.25) is 0 Å². The van der Waals surface area contributed by atoms with Crippen molar-refractivity contribution in [2.75, 3.05) is 6.61 Å². The summed E-state index contributed by atoms with van der Waals surface area (Å²) in [5.41, 5.74) is 0. The molecule has 82 valence electrons. The van der Waals surface area contributed by atoms with E-state index in [9.17, 15) is 0 Å². The standard InChI is InChI=1S/C11H23BO2/c1-5-6-7-11-8-13-12(9(2)3)14-10(11)4/h9-11H,5-8H2,1-4H3/t10-,11-/m1/s1. The van der Waals surface area contributed by atoms with Crippen LogP contribution in [0.15, 0.2) is 0 Å². The number of rotatable bonds is 4. The smallest absolute Gasteiger partial charge is 0.411 e. The Bertz CT molecular complexity index is 161. The topological polar surface area (TPSA) is 18.5 Å². The fourth-order valence-corrected chi connectivity index (χ4v) is 1.85. The van der Waals surface area contributed by atoms with Crippen molar-refractivity contribution in [3.63, 3.8) is 0 Å². The molecule has 2 atom stereocenters.